The van der Waals surface area contributed by atoms with E-state index in [1.807, 2.05) is 56.3 Å². The minimum absolute atomic E-state index is 0.0742. The first-order valence-electron chi connectivity index (χ1n) is 8.10. The van der Waals surface area contributed by atoms with Crippen LogP contribution < -0.4 is 10.6 Å². The van der Waals surface area contributed by atoms with Gasteiger partial charge < -0.3 is 15.7 Å². The lowest BCUT2D eigenvalue weighted by Crippen LogP contribution is -2.52. The predicted molar refractivity (Wildman–Crippen MR) is 94.9 cm³/mol. The summed E-state index contributed by atoms with van der Waals surface area (Å²) in [6.07, 6.45) is 0.250. The van der Waals surface area contributed by atoms with Crippen LogP contribution in [0.3, 0.4) is 0 Å². The van der Waals surface area contributed by atoms with Crippen molar-refractivity contribution in [3.05, 3.63) is 48.0 Å². The molecule has 0 spiro atoms. The van der Waals surface area contributed by atoms with Crippen molar-refractivity contribution in [1.82, 2.24) is 10.6 Å². The molecule has 24 heavy (non-hydrogen) atoms. The van der Waals surface area contributed by atoms with E-state index in [0.717, 1.165) is 16.3 Å². The van der Waals surface area contributed by atoms with Crippen LogP contribution in [-0.4, -0.2) is 36.1 Å². The lowest BCUT2D eigenvalue weighted by molar-refractivity contribution is -0.142. The summed E-state index contributed by atoms with van der Waals surface area (Å²) in [6, 6.07) is 12.4. The summed E-state index contributed by atoms with van der Waals surface area (Å²) in [5, 5.41) is 17.2. The molecule has 0 radical (unpaired) electrons. The highest BCUT2D eigenvalue weighted by molar-refractivity contribution is 5.87. The van der Waals surface area contributed by atoms with Crippen LogP contribution in [0.2, 0.25) is 0 Å². The van der Waals surface area contributed by atoms with Crippen LogP contribution in [0.1, 0.15) is 19.4 Å². The van der Waals surface area contributed by atoms with Gasteiger partial charge in [0.1, 0.15) is 6.04 Å². The van der Waals surface area contributed by atoms with Crippen molar-refractivity contribution in [1.29, 1.82) is 0 Å². The van der Waals surface area contributed by atoms with Crippen LogP contribution in [0.4, 0.5) is 0 Å². The lowest BCUT2D eigenvalue weighted by Gasteiger charge is -2.22. The van der Waals surface area contributed by atoms with Gasteiger partial charge in [0.05, 0.1) is 6.04 Å². The Balaban J connectivity index is 2.15. The van der Waals surface area contributed by atoms with Crippen LogP contribution >= 0.6 is 0 Å². The number of aliphatic carboxylic acids is 1. The minimum Gasteiger partial charge on any atom is -0.480 e. The van der Waals surface area contributed by atoms with E-state index < -0.39 is 18.1 Å². The monoisotopic (exact) mass is 328 g/mol. The van der Waals surface area contributed by atoms with E-state index in [1.165, 1.54) is 0 Å². The maximum atomic E-state index is 12.3. The quantitative estimate of drug-likeness (QED) is 0.728. The summed E-state index contributed by atoms with van der Waals surface area (Å²) >= 11 is 0. The Morgan fingerprint density at radius 2 is 1.75 bits per heavy atom. The topological polar surface area (TPSA) is 78.4 Å². The van der Waals surface area contributed by atoms with Gasteiger partial charge in [-0.05, 0) is 29.3 Å². The van der Waals surface area contributed by atoms with Crippen LogP contribution in [0.25, 0.3) is 10.8 Å². The molecule has 0 saturated carbocycles. The number of benzene rings is 2. The molecule has 0 bridgehead atoms. The molecule has 2 rings (SSSR count). The molecule has 0 aliphatic rings. The largest absolute Gasteiger partial charge is 0.480 e. The Hall–Kier alpha value is -2.40. The molecule has 1 amide bonds. The van der Waals surface area contributed by atoms with Gasteiger partial charge in [0, 0.05) is 6.42 Å². The number of carboxylic acid groups (broad SMARTS) is 1. The van der Waals surface area contributed by atoms with Gasteiger partial charge in [0.25, 0.3) is 0 Å². The van der Waals surface area contributed by atoms with Gasteiger partial charge in [-0.3, -0.25) is 4.79 Å². The molecule has 5 heteroatoms. The summed E-state index contributed by atoms with van der Waals surface area (Å²) < 4.78 is 0. The molecule has 0 aliphatic carbocycles. The molecule has 128 valence electrons. The van der Waals surface area contributed by atoms with Crippen molar-refractivity contribution < 1.29 is 14.7 Å². The highest BCUT2D eigenvalue weighted by Gasteiger charge is 2.26. The highest BCUT2D eigenvalue weighted by Crippen LogP contribution is 2.17. The minimum atomic E-state index is -1.03. The zero-order chi connectivity index (χ0) is 17.7. The molecule has 5 nitrogen and oxygen atoms in total. The smallest absolute Gasteiger partial charge is 0.326 e. The molecule has 0 aromatic heterocycles. The average molecular weight is 328 g/mol. The Kier molecular flexibility index (Phi) is 5.93. The van der Waals surface area contributed by atoms with Crippen molar-refractivity contribution in [2.45, 2.75) is 32.4 Å². The molecule has 0 unspecified atom stereocenters. The van der Waals surface area contributed by atoms with Crippen LogP contribution in [0.5, 0.6) is 0 Å². The maximum Gasteiger partial charge on any atom is 0.326 e. The van der Waals surface area contributed by atoms with Gasteiger partial charge in [-0.2, -0.15) is 0 Å². The molecule has 2 aromatic carbocycles. The number of carbonyl (C=O) groups is 2. The number of likely N-dealkylation sites (N-methyl/N-ethyl adjacent to an activating group) is 1. The summed E-state index contributed by atoms with van der Waals surface area (Å²) in [5.74, 6) is -1.25. The number of carboxylic acids is 1. The Morgan fingerprint density at radius 1 is 1.08 bits per heavy atom. The fourth-order valence-electron chi connectivity index (χ4n) is 2.83. The number of carbonyl (C=O) groups excluding carboxylic acids is 1. The second-order valence-corrected chi connectivity index (χ2v) is 6.30. The third kappa shape index (κ3) is 4.32. The van der Waals surface area contributed by atoms with Gasteiger partial charge in [0.2, 0.25) is 5.91 Å². The number of hydrogen-bond donors (Lipinski definition) is 3. The fraction of sp³-hybridized carbons (Fsp3) is 0.368. The number of amides is 1. The number of rotatable bonds is 7. The van der Waals surface area contributed by atoms with E-state index in [-0.39, 0.29) is 18.2 Å². The van der Waals surface area contributed by atoms with Crippen LogP contribution in [0.15, 0.2) is 42.5 Å². The van der Waals surface area contributed by atoms with Gasteiger partial charge in [-0.1, -0.05) is 56.3 Å². The average Bonchev–Trinajstić information content (AvgIpc) is 2.54. The molecule has 0 heterocycles. The molecule has 3 N–H and O–H groups in total. The summed E-state index contributed by atoms with van der Waals surface area (Å²) in [5.41, 5.74) is 0.881. The Morgan fingerprint density at radius 3 is 2.33 bits per heavy atom. The van der Waals surface area contributed by atoms with Gasteiger partial charge >= 0.3 is 5.97 Å². The van der Waals surface area contributed by atoms with Gasteiger partial charge in [-0.15, -0.1) is 0 Å². The van der Waals surface area contributed by atoms with Crippen LogP contribution in [0, 0.1) is 5.92 Å². The van der Waals surface area contributed by atoms with Gasteiger partial charge in [-0.25, -0.2) is 4.79 Å². The maximum absolute atomic E-state index is 12.3. The fourth-order valence-corrected chi connectivity index (χ4v) is 2.83. The van der Waals surface area contributed by atoms with Crippen molar-refractivity contribution in [3.8, 4) is 0 Å². The molecule has 2 atom stereocenters. The number of fused-ring (bicyclic) bond motifs is 1. The van der Waals surface area contributed by atoms with Crippen molar-refractivity contribution in [3.63, 3.8) is 0 Å². The summed E-state index contributed by atoms with van der Waals surface area (Å²) in [4.78, 5) is 23.8. The molecule has 0 aliphatic heterocycles. The van der Waals surface area contributed by atoms with Crippen molar-refractivity contribution in [2.24, 2.45) is 5.92 Å². The molecular weight excluding hydrogens is 304 g/mol. The normalized spacial score (nSPS) is 13.7. The zero-order valence-electron chi connectivity index (χ0n) is 14.2. The number of nitrogens with one attached hydrogen (secondary N) is 2. The third-order valence-electron chi connectivity index (χ3n) is 4.13. The second-order valence-electron chi connectivity index (χ2n) is 6.30. The van der Waals surface area contributed by atoms with E-state index in [2.05, 4.69) is 10.6 Å². The third-order valence-corrected chi connectivity index (χ3v) is 4.13. The van der Waals surface area contributed by atoms with E-state index in [1.54, 1.807) is 7.05 Å². The Labute approximate surface area is 142 Å². The van der Waals surface area contributed by atoms with E-state index in [9.17, 15) is 14.7 Å². The lowest BCUT2D eigenvalue weighted by atomic mass is 10.00. The van der Waals surface area contributed by atoms with E-state index >= 15 is 0 Å². The molecular formula is C19H24N2O3. The van der Waals surface area contributed by atoms with E-state index in [0.29, 0.717) is 0 Å². The molecule has 0 saturated heterocycles. The highest BCUT2D eigenvalue weighted by atomic mass is 16.4. The Bertz CT molecular complexity index is 727. The first-order chi connectivity index (χ1) is 11.4. The summed E-state index contributed by atoms with van der Waals surface area (Å²) in [7, 11) is 1.70. The number of hydrogen-bond acceptors (Lipinski definition) is 3. The van der Waals surface area contributed by atoms with Crippen molar-refractivity contribution >= 4 is 22.6 Å². The summed E-state index contributed by atoms with van der Waals surface area (Å²) in [6.45, 7) is 3.83. The second kappa shape index (κ2) is 7.93. The first-order valence-corrected chi connectivity index (χ1v) is 8.10. The molecule has 0 fully saturated rings. The first kappa shape index (κ1) is 17.9. The predicted octanol–water partition coefficient (Wildman–Crippen LogP) is 2.20. The van der Waals surface area contributed by atoms with Gasteiger partial charge in [0.15, 0.2) is 0 Å². The van der Waals surface area contributed by atoms with E-state index in [4.69, 9.17) is 0 Å². The zero-order valence-corrected chi connectivity index (χ0v) is 14.2. The van der Waals surface area contributed by atoms with Crippen LogP contribution in [-0.2, 0) is 16.0 Å². The SMILES string of the molecule is CN[C@H](C(=O)N[C@@H](Cc1ccc2ccccc2c1)C(=O)O)C(C)C. The molecule has 2 aromatic rings. The standard InChI is InChI=1S/C19H24N2O3/c1-12(2)17(20-3)18(22)21-16(19(23)24)11-13-8-9-14-6-4-5-7-15(14)10-13/h4-10,12,16-17,20H,11H2,1-3H3,(H,21,22)(H,23,24)/t16-,17-/m0/s1. The van der Waals surface area contributed by atoms with Crippen molar-refractivity contribution in [2.75, 3.05) is 7.05 Å².